The number of aliphatic hydroxyl groups is 1. The maximum Gasteiger partial charge on any atom is 0.244 e. The number of para-hydroxylation sites is 1. The molecule has 2 N–H and O–H groups in total. The molecule has 0 saturated heterocycles. The van der Waals surface area contributed by atoms with Crippen LogP contribution >= 0.6 is 11.3 Å². The largest absolute Gasteiger partial charge is 0.383 e. The summed E-state index contributed by atoms with van der Waals surface area (Å²) in [6.45, 7) is 1.85. The lowest BCUT2D eigenvalue weighted by molar-refractivity contribution is -0.117. The third-order valence-corrected chi connectivity index (χ3v) is 4.86. The molecule has 0 saturated carbocycles. The number of pyridine rings is 1. The van der Waals surface area contributed by atoms with E-state index in [-0.39, 0.29) is 12.5 Å². The van der Waals surface area contributed by atoms with Gasteiger partial charge in [-0.3, -0.25) is 9.78 Å². The van der Waals surface area contributed by atoms with Crippen LogP contribution in [0.5, 0.6) is 0 Å². The second kappa shape index (κ2) is 6.95. The van der Waals surface area contributed by atoms with E-state index in [0.29, 0.717) is 0 Å². The molecule has 0 aliphatic heterocycles. The molecule has 122 valence electrons. The van der Waals surface area contributed by atoms with Gasteiger partial charge in [-0.25, -0.2) is 0 Å². The fourth-order valence-electron chi connectivity index (χ4n) is 2.42. The van der Waals surface area contributed by atoms with Crippen molar-refractivity contribution in [1.29, 1.82) is 0 Å². The minimum atomic E-state index is -1.07. The van der Waals surface area contributed by atoms with Crippen molar-refractivity contribution in [2.75, 3.05) is 6.54 Å². The molecule has 2 aromatic heterocycles. The van der Waals surface area contributed by atoms with Crippen LogP contribution in [0.25, 0.3) is 17.0 Å². The highest BCUT2D eigenvalue weighted by Gasteiger charge is 2.24. The Labute approximate surface area is 144 Å². The number of aromatic nitrogens is 1. The molecule has 1 amide bonds. The average Bonchev–Trinajstić information content (AvgIpc) is 3.14. The van der Waals surface area contributed by atoms with Crippen molar-refractivity contribution in [2.24, 2.45) is 0 Å². The molecule has 4 nitrogen and oxygen atoms in total. The normalized spacial score (nSPS) is 13.9. The van der Waals surface area contributed by atoms with Crippen molar-refractivity contribution in [3.8, 4) is 0 Å². The molecular formula is C19H18N2O2S. The van der Waals surface area contributed by atoms with E-state index in [1.807, 2.05) is 47.8 Å². The fourth-order valence-corrected chi connectivity index (χ4v) is 3.20. The first-order valence-electron chi connectivity index (χ1n) is 7.62. The Bertz CT molecular complexity index is 865. The van der Waals surface area contributed by atoms with Crippen LogP contribution in [0.4, 0.5) is 0 Å². The second-order valence-corrected chi connectivity index (χ2v) is 6.67. The number of rotatable bonds is 5. The van der Waals surface area contributed by atoms with E-state index < -0.39 is 5.60 Å². The summed E-state index contributed by atoms with van der Waals surface area (Å²) in [6.07, 6.45) is 4.94. The van der Waals surface area contributed by atoms with Gasteiger partial charge in [-0.1, -0.05) is 30.3 Å². The zero-order chi connectivity index (χ0) is 17.0. The zero-order valence-corrected chi connectivity index (χ0v) is 14.1. The minimum absolute atomic E-state index is 0.157. The van der Waals surface area contributed by atoms with E-state index in [1.165, 1.54) is 17.4 Å². The molecule has 0 bridgehead atoms. The number of hydrogen-bond acceptors (Lipinski definition) is 4. The monoisotopic (exact) mass is 338 g/mol. The van der Waals surface area contributed by atoms with E-state index in [9.17, 15) is 9.90 Å². The number of benzene rings is 1. The van der Waals surface area contributed by atoms with Gasteiger partial charge in [-0.2, -0.15) is 0 Å². The van der Waals surface area contributed by atoms with E-state index in [2.05, 4.69) is 10.3 Å². The molecule has 1 aromatic carbocycles. The Morgan fingerprint density at radius 1 is 1.29 bits per heavy atom. The Morgan fingerprint density at radius 3 is 2.92 bits per heavy atom. The number of amides is 1. The van der Waals surface area contributed by atoms with Crippen molar-refractivity contribution in [3.05, 3.63) is 70.6 Å². The van der Waals surface area contributed by atoms with E-state index in [0.717, 1.165) is 21.3 Å². The number of carbonyl (C=O) groups excluding carboxylic acids is 1. The highest BCUT2D eigenvalue weighted by atomic mass is 32.1. The second-order valence-electron chi connectivity index (χ2n) is 5.72. The molecule has 0 aliphatic carbocycles. The first-order chi connectivity index (χ1) is 11.6. The lowest BCUT2D eigenvalue weighted by atomic mass is 10.1. The van der Waals surface area contributed by atoms with Crippen molar-refractivity contribution >= 4 is 34.2 Å². The third-order valence-electron chi connectivity index (χ3n) is 3.74. The highest BCUT2D eigenvalue weighted by molar-refractivity contribution is 7.10. The lowest BCUT2D eigenvalue weighted by Gasteiger charge is -2.21. The summed E-state index contributed by atoms with van der Waals surface area (Å²) in [7, 11) is 0. The highest BCUT2D eigenvalue weighted by Crippen LogP contribution is 2.24. The number of hydrogen-bond donors (Lipinski definition) is 2. The molecule has 24 heavy (non-hydrogen) atoms. The van der Waals surface area contributed by atoms with Crippen LogP contribution in [0.1, 0.15) is 17.4 Å². The van der Waals surface area contributed by atoms with Gasteiger partial charge in [0.25, 0.3) is 0 Å². The van der Waals surface area contributed by atoms with Crippen molar-refractivity contribution in [3.63, 3.8) is 0 Å². The van der Waals surface area contributed by atoms with Gasteiger partial charge >= 0.3 is 0 Å². The number of nitrogens with zero attached hydrogens (tertiary/aromatic N) is 1. The molecule has 1 atom stereocenters. The molecule has 5 heteroatoms. The Morgan fingerprint density at radius 2 is 2.12 bits per heavy atom. The fraction of sp³-hybridized carbons (Fsp3) is 0.158. The number of thiophene rings is 1. The molecular weight excluding hydrogens is 320 g/mol. The molecule has 0 aliphatic rings. The summed E-state index contributed by atoms with van der Waals surface area (Å²) in [5, 5.41) is 16.1. The minimum Gasteiger partial charge on any atom is -0.383 e. The maximum absolute atomic E-state index is 12.0. The lowest BCUT2D eigenvalue weighted by Crippen LogP contribution is -2.37. The molecule has 0 spiro atoms. The van der Waals surface area contributed by atoms with E-state index in [1.54, 1.807) is 19.2 Å². The summed E-state index contributed by atoms with van der Waals surface area (Å²) in [5.74, 6) is -0.250. The standard InChI is InChI=1S/C19H18N2O2S/c1-19(23,16-8-4-12-24-16)13-21-17(22)10-9-15-6-2-5-14-7-3-11-20-18(14)15/h2-12,23H,13H2,1H3,(H,21,22). The summed E-state index contributed by atoms with van der Waals surface area (Å²) in [4.78, 5) is 17.2. The number of fused-ring (bicyclic) bond motifs is 1. The van der Waals surface area contributed by atoms with Gasteiger partial charge in [0.05, 0.1) is 12.1 Å². The maximum atomic E-state index is 12.0. The summed E-state index contributed by atoms with van der Waals surface area (Å²) in [6, 6.07) is 13.4. The summed E-state index contributed by atoms with van der Waals surface area (Å²) in [5.41, 5.74) is 0.668. The molecule has 3 aromatic rings. The zero-order valence-electron chi connectivity index (χ0n) is 13.3. The average molecular weight is 338 g/mol. The van der Waals surface area contributed by atoms with Gasteiger partial charge in [0.1, 0.15) is 5.60 Å². The first-order valence-corrected chi connectivity index (χ1v) is 8.50. The molecule has 1 unspecified atom stereocenters. The van der Waals surface area contributed by atoms with Crippen LogP contribution in [0.2, 0.25) is 0 Å². The van der Waals surface area contributed by atoms with Crippen molar-refractivity contribution in [1.82, 2.24) is 10.3 Å². The summed E-state index contributed by atoms with van der Waals surface area (Å²) < 4.78 is 0. The predicted molar refractivity (Wildman–Crippen MR) is 97.7 cm³/mol. The van der Waals surface area contributed by atoms with Crippen LogP contribution in [0.15, 0.2) is 60.1 Å². The Hall–Kier alpha value is -2.50. The topological polar surface area (TPSA) is 62.2 Å². The Balaban J connectivity index is 1.67. The SMILES string of the molecule is CC(O)(CNC(=O)C=Cc1cccc2cccnc12)c1cccs1. The van der Waals surface area contributed by atoms with Crippen LogP contribution in [-0.2, 0) is 10.4 Å². The quantitative estimate of drug-likeness (QED) is 0.702. The van der Waals surface area contributed by atoms with Crippen LogP contribution in [-0.4, -0.2) is 22.5 Å². The molecule has 2 heterocycles. The Kier molecular flexibility index (Phi) is 4.74. The number of carbonyl (C=O) groups is 1. The van der Waals surface area contributed by atoms with Gasteiger partial charge in [0.15, 0.2) is 0 Å². The van der Waals surface area contributed by atoms with Crippen LogP contribution < -0.4 is 5.32 Å². The van der Waals surface area contributed by atoms with Crippen molar-refractivity contribution < 1.29 is 9.90 Å². The van der Waals surface area contributed by atoms with E-state index in [4.69, 9.17) is 0 Å². The van der Waals surface area contributed by atoms with Crippen molar-refractivity contribution in [2.45, 2.75) is 12.5 Å². The van der Waals surface area contributed by atoms with Gasteiger partial charge in [-0.05, 0) is 30.5 Å². The van der Waals surface area contributed by atoms with Crippen LogP contribution in [0.3, 0.4) is 0 Å². The smallest absolute Gasteiger partial charge is 0.244 e. The molecule has 0 radical (unpaired) electrons. The molecule has 3 rings (SSSR count). The number of nitrogens with one attached hydrogen (secondary N) is 1. The van der Waals surface area contributed by atoms with E-state index >= 15 is 0 Å². The third kappa shape index (κ3) is 3.69. The van der Waals surface area contributed by atoms with Gasteiger partial charge < -0.3 is 10.4 Å². The summed E-state index contributed by atoms with van der Waals surface area (Å²) >= 11 is 1.47. The molecule has 0 fully saturated rings. The van der Waals surface area contributed by atoms with Gasteiger partial charge in [0, 0.05) is 28.1 Å². The van der Waals surface area contributed by atoms with Gasteiger partial charge in [0.2, 0.25) is 5.91 Å². The first kappa shape index (κ1) is 16.4. The van der Waals surface area contributed by atoms with Crippen LogP contribution in [0, 0.1) is 0 Å². The predicted octanol–water partition coefficient (Wildman–Crippen LogP) is 3.33. The van der Waals surface area contributed by atoms with Gasteiger partial charge in [-0.15, -0.1) is 11.3 Å².